The number of hydrogen-bond donors (Lipinski definition) is 1. The van der Waals surface area contributed by atoms with Crippen LogP contribution in [-0.2, 0) is 15.9 Å². The van der Waals surface area contributed by atoms with Gasteiger partial charge >= 0.3 is 13.1 Å². The highest BCUT2D eigenvalue weighted by Crippen LogP contribution is 2.40. The van der Waals surface area contributed by atoms with E-state index in [9.17, 15) is 4.79 Å². The van der Waals surface area contributed by atoms with Crippen LogP contribution in [0.5, 0.6) is 0 Å². The van der Waals surface area contributed by atoms with Gasteiger partial charge in [0.05, 0.1) is 23.9 Å². The fourth-order valence-electron chi connectivity index (χ4n) is 2.67. The highest BCUT2D eigenvalue weighted by molar-refractivity contribution is 6.55. The maximum Gasteiger partial charge on any atom is 0.525 e. The van der Waals surface area contributed by atoms with E-state index in [1.165, 1.54) is 10.9 Å². The molecular formula is C18H21BFN3O4. The third kappa shape index (κ3) is 3.79. The van der Waals surface area contributed by atoms with Crippen molar-refractivity contribution in [1.29, 1.82) is 0 Å². The maximum absolute atomic E-state index is 15.4. The summed E-state index contributed by atoms with van der Waals surface area (Å²) in [6.45, 7) is 7.37. The van der Waals surface area contributed by atoms with Gasteiger partial charge < -0.3 is 14.4 Å². The topological polar surface area (TPSA) is 86.5 Å². The molecule has 9 heteroatoms. The number of hydrogen-bond acceptors (Lipinski definition) is 5. The molecule has 1 saturated heterocycles. The number of halogens is 1. The normalized spacial score (nSPS) is 19.1. The molecule has 1 N–H and O–H groups in total. The van der Waals surface area contributed by atoms with Crippen molar-refractivity contribution < 1.29 is 23.6 Å². The van der Waals surface area contributed by atoms with Crippen LogP contribution in [0.4, 0.5) is 4.39 Å². The maximum atomic E-state index is 15.4. The SMILES string of the molecule is CC1(C)OB(C(F)=C(Cn2cc(C(=O)O)nn2)c2ccccc2)OC1(C)C. The van der Waals surface area contributed by atoms with Gasteiger partial charge in [-0.05, 0) is 33.3 Å². The molecule has 27 heavy (non-hydrogen) atoms. The molecule has 2 heterocycles. The van der Waals surface area contributed by atoms with E-state index in [0.29, 0.717) is 5.56 Å². The summed E-state index contributed by atoms with van der Waals surface area (Å²) in [7, 11) is -1.16. The molecule has 0 radical (unpaired) electrons. The summed E-state index contributed by atoms with van der Waals surface area (Å²) in [4.78, 5) is 11.0. The molecule has 2 aromatic rings. The van der Waals surface area contributed by atoms with E-state index in [-0.39, 0.29) is 17.8 Å². The van der Waals surface area contributed by atoms with Gasteiger partial charge in [-0.2, -0.15) is 0 Å². The van der Waals surface area contributed by atoms with Gasteiger partial charge in [-0.15, -0.1) is 5.10 Å². The van der Waals surface area contributed by atoms with E-state index < -0.39 is 30.0 Å². The Labute approximate surface area is 156 Å². The largest absolute Gasteiger partial charge is 0.525 e. The number of nitrogens with zero attached hydrogens (tertiary/aromatic N) is 3. The molecule has 0 atom stereocenters. The summed E-state index contributed by atoms with van der Waals surface area (Å²) in [5.41, 5.74) is -1.24. The summed E-state index contributed by atoms with van der Waals surface area (Å²) in [6, 6.07) is 8.92. The van der Waals surface area contributed by atoms with Crippen LogP contribution in [0.25, 0.3) is 5.57 Å². The molecule has 0 saturated carbocycles. The van der Waals surface area contributed by atoms with Crippen molar-refractivity contribution in [3.63, 3.8) is 0 Å². The first-order chi connectivity index (χ1) is 12.6. The molecule has 1 aliphatic rings. The first-order valence-electron chi connectivity index (χ1n) is 8.54. The Morgan fingerprint density at radius 1 is 1.19 bits per heavy atom. The summed E-state index contributed by atoms with van der Waals surface area (Å²) < 4.78 is 28.4. The predicted molar refractivity (Wildman–Crippen MR) is 97.5 cm³/mol. The monoisotopic (exact) mass is 373 g/mol. The average Bonchev–Trinajstić information content (AvgIpc) is 3.15. The minimum atomic E-state index is -1.20. The Morgan fingerprint density at radius 3 is 2.30 bits per heavy atom. The number of carbonyl (C=O) groups is 1. The van der Waals surface area contributed by atoms with Crippen LogP contribution >= 0.6 is 0 Å². The van der Waals surface area contributed by atoms with Crippen molar-refractivity contribution in [3.05, 3.63) is 53.5 Å². The molecule has 0 bridgehead atoms. The van der Waals surface area contributed by atoms with Gasteiger partial charge in [-0.3, -0.25) is 0 Å². The minimum absolute atomic E-state index is 0.0137. The van der Waals surface area contributed by atoms with E-state index >= 15 is 4.39 Å². The lowest BCUT2D eigenvalue weighted by atomic mass is 9.82. The highest BCUT2D eigenvalue weighted by atomic mass is 19.1. The number of allylic oxidation sites excluding steroid dienone is 1. The van der Waals surface area contributed by atoms with Crippen LogP contribution in [0.1, 0.15) is 43.7 Å². The predicted octanol–water partition coefficient (Wildman–Crippen LogP) is 2.99. The van der Waals surface area contributed by atoms with Crippen LogP contribution in [0.2, 0.25) is 0 Å². The van der Waals surface area contributed by atoms with Gasteiger partial charge in [-0.1, -0.05) is 35.5 Å². The number of aromatic nitrogens is 3. The Kier molecular flexibility index (Phi) is 4.92. The highest BCUT2D eigenvalue weighted by Gasteiger charge is 2.53. The molecule has 0 spiro atoms. The molecule has 1 aromatic heterocycles. The summed E-state index contributed by atoms with van der Waals surface area (Å²) in [6.07, 6.45) is 1.25. The molecule has 7 nitrogen and oxygen atoms in total. The van der Waals surface area contributed by atoms with Crippen LogP contribution in [0, 0.1) is 0 Å². The number of aromatic carboxylic acids is 1. The fourth-order valence-corrected chi connectivity index (χ4v) is 2.67. The molecule has 0 aliphatic carbocycles. The quantitative estimate of drug-likeness (QED) is 0.811. The van der Waals surface area contributed by atoms with Crippen LogP contribution in [0.15, 0.2) is 42.3 Å². The minimum Gasteiger partial charge on any atom is -0.476 e. The average molecular weight is 373 g/mol. The van der Waals surface area contributed by atoms with Gasteiger partial charge in [0, 0.05) is 5.57 Å². The van der Waals surface area contributed by atoms with Crippen molar-refractivity contribution in [2.24, 2.45) is 0 Å². The fraction of sp³-hybridized carbons (Fsp3) is 0.389. The molecule has 0 unspecified atom stereocenters. The molecule has 142 valence electrons. The molecule has 3 rings (SSSR count). The second-order valence-corrected chi connectivity index (χ2v) is 7.39. The standard InChI is InChI=1S/C18H21BFN3O4/c1-17(2)18(3,4)27-19(26-17)15(20)13(12-8-6-5-7-9-12)10-23-11-14(16(24)25)21-22-23/h5-9,11H,10H2,1-4H3,(H,24,25). The van der Waals surface area contributed by atoms with Crippen molar-refractivity contribution in [1.82, 2.24) is 15.0 Å². The van der Waals surface area contributed by atoms with Gasteiger partial charge in [0.15, 0.2) is 5.69 Å². The lowest BCUT2D eigenvalue weighted by Gasteiger charge is -2.32. The van der Waals surface area contributed by atoms with Gasteiger partial charge in [0.2, 0.25) is 0 Å². The summed E-state index contributed by atoms with van der Waals surface area (Å²) in [5, 5.41) is 16.3. The van der Waals surface area contributed by atoms with Gasteiger partial charge in [0.1, 0.15) is 5.73 Å². The lowest BCUT2D eigenvalue weighted by Crippen LogP contribution is -2.41. The number of rotatable bonds is 5. The smallest absolute Gasteiger partial charge is 0.476 e. The third-order valence-corrected chi connectivity index (χ3v) is 4.95. The van der Waals surface area contributed by atoms with Crippen LogP contribution in [-0.4, -0.2) is 44.4 Å². The van der Waals surface area contributed by atoms with Gasteiger partial charge in [-0.25, -0.2) is 13.9 Å². The Morgan fingerprint density at radius 2 is 1.78 bits per heavy atom. The third-order valence-electron chi connectivity index (χ3n) is 4.95. The molecular weight excluding hydrogens is 352 g/mol. The van der Waals surface area contributed by atoms with E-state index in [1.807, 2.05) is 33.8 Å². The zero-order valence-corrected chi connectivity index (χ0v) is 15.6. The van der Waals surface area contributed by atoms with Gasteiger partial charge in [0.25, 0.3) is 0 Å². The molecule has 0 amide bonds. The zero-order valence-electron chi connectivity index (χ0n) is 15.6. The molecule has 1 aliphatic heterocycles. The van der Waals surface area contributed by atoms with Crippen molar-refractivity contribution >= 4 is 18.7 Å². The Balaban J connectivity index is 1.99. The zero-order chi connectivity index (χ0) is 19.8. The summed E-state index contributed by atoms with van der Waals surface area (Å²) >= 11 is 0. The van der Waals surface area contributed by atoms with Crippen molar-refractivity contribution in [3.8, 4) is 0 Å². The van der Waals surface area contributed by atoms with E-state index in [2.05, 4.69) is 10.3 Å². The second-order valence-electron chi connectivity index (χ2n) is 7.39. The van der Waals surface area contributed by atoms with Crippen molar-refractivity contribution in [2.45, 2.75) is 45.4 Å². The number of carboxylic acids is 1. The summed E-state index contributed by atoms with van der Waals surface area (Å²) in [5.74, 6) is -1.20. The lowest BCUT2D eigenvalue weighted by molar-refractivity contribution is 0.00578. The molecule has 1 aromatic carbocycles. The Hall–Kier alpha value is -2.52. The first-order valence-corrected chi connectivity index (χ1v) is 8.54. The van der Waals surface area contributed by atoms with E-state index in [0.717, 1.165) is 0 Å². The number of benzene rings is 1. The van der Waals surface area contributed by atoms with Crippen molar-refractivity contribution in [2.75, 3.05) is 0 Å². The first kappa shape index (κ1) is 19.3. The second kappa shape index (κ2) is 6.90. The molecule has 1 fully saturated rings. The van der Waals surface area contributed by atoms with Crippen LogP contribution < -0.4 is 0 Å². The Bertz CT molecular complexity index is 864. The van der Waals surface area contributed by atoms with E-state index in [1.54, 1.807) is 24.3 Å². The van der Waals surface area contributed by atoms with E-state index in [4.69, 9.17) is 14.4 Å². The van der Waals surface area contributed by atoms with Crippen LogP contribution in [0.3, 0.4) is 0 Å². The number of carboxylic acid groups (broad SMARTS) is 1.